The van der Waals surface area contributed by atoms with Gasteiger partial charge >= 0.3 is 11.9 Å². The summed E-state index contributed by atoms with van der Waals surface area (Å²) in [6, 6.07) is 0. The fourth-order valence-electron chi connectivity index (χ4n) is 2.79. The highest BCUT2D eigenvalue weighted by molar-refractivity contribution is 5.91. The molecule has 0 aromatic carbocycles. The van der Waals surface area contributed by atoms with E-state index in [0.717, 1.165) is 0 Å². The molecule has 0 radical (unpaired) electrons. The summed E-state index contributed by atoms with van der Waals surface area (Å²) in [6.45, 7) is 4.41. The Morgan fingerprint density at radius 2 is 1.27 bits per heavy atom. The van der Waals surface area contributed by atoms with Crippen molar-refractivity contribution in [1.82, 2.24) is 0 Å². The van der Waals surface area contributed by atoms with Crippen LogP contribution in [-0.4, -0.2) is 25.2 Å². The SMILES string of the molecule is CCOC(=O)C12CC(C(=O)OCC)(C1)C2. The molecule has 3 saturated carbocycles. The monoisotopic (exact) mass is 212 g/mol. The third-order valence-corrected chi connectivity index (χ3v) is 3.45. The summed E-state index contributed by atoms with van der Waals surface area (Å²) in [5.74, 6) is -0.285. The van der Waals surface area contributed by atoms with Gasteiger partial charge in [-0.15, -0.1) is 0 Å². The second-order valence-electron chi connectivity index (χ2n) is 4.53. The first-order chi connectivity index (χ1) is 7.08. The van der Waals surface area contributed by atoms with Crippen LogP contribution >= 0.6 is 0 Å². The molecule has 3 aliphatic rings. The molecule has 0 aliphatic heterocycles. The minimum Gasteiger partial charge on any atom is -0.466 e. The molecule has 3 rings (SSSR count). The first-order valence-electron chi connectivity index (χ1n) is 5.43. The molecule has 2 bridgehead atoms. The van der Waals surface area contributed by atoms with E-state index in [0.29, 0.717) is 32.5 Å². The molecule has 4 heteroatoms. The van der Waals surface area contributed by atoms with E-state index in [-0.39, 0.29) is 22.8 Å². The Labute approximate surface area is 88.9 Å². The van der Waals surface area contributed by atoms with E-state index < -0.39 is 0 Å². The summed E-state index contributed by atoms with van der Waals surface area (Å²) in [6.07, 6.45) is 1.87. The quantitative estimate of drug-likeness (QED) is 0.659. The summed E-state index contributed by atoms with van der Waals surface area (Å²) < 4.78 is 9.96. The lowest BCUT2D eigenvalue weighted by Gasteiger charge is -2.66. The second kappa shape index (κ2) is 3.22. The Morgan fingerprint density at radius 1 is 0.933 bits per heavy atom. The summed E-state index contributed by atoms with van der Waals surface area (Å²) >= 11 is 0. The molecule has 0 amide bonds. The molecular weight excluding hydrogens is 196 g/mol. The standard InChI is InChI=1S/C11H16O4/c1-3-14-8(12)10-5-11(6-10,7-10)9(13)15-4-2/h3-7H2,1-2H3. The molecule has 3 aliphatic carbocycles. The molecular formula is C11H16O4. The van der Waals surface area contributed by atoms with Crippen LogP contribution in [0.2, 0.25) is 0 Å². The lowest BCUT2D eigenvalue weighted by Crippen LogP contribution is -2.69. The number of esters is 2. The van der Waals surface area contributed by atoms with Crippen molar-refractivity contribution >= 4 is 11.9 Å². The Kier molecular flexibility index (Phi) is 2.24. The van der Waals surface area contributed by atoms with Gasteiger partial charge in [0.15, 0.2) is 0 Å². The van der Waals surface area contributed by atoms with Gasteiger partial charge < -0.3 is 9.47 Å². The lowest BCUT2D eigenvalue weighted by atomic mass is 9.35. The molecule has 0 unspecified atom stereocenters. The first kappa shape index (κ1) is 10.5. The van der Waals surface area contributed by atoms with Crippen LogP contribution in [0.4, 0.5) is 0 Å². The van der Waals surface area contributed by atoms with Crippen molar-refractivity contribution in [2.75, 3.05) is 13.2 Å². The predicted molar refractivity (Wildman–Crippen MR) is 52.0 cm³/mol. The number of rotatable bonds is 4. The van der Waals surface area contributed by atoms with Crippen LogP contribution in [0.5, 0.6) is 0 Å². The van der Waals surface area contributed by atoms with Crippen molar-refractivity contribution in [3.63, 3.8) is 0 Å². The molecule has 0 aromatic heterocycles. The van der Waals surface area contributed by atoms with Gasteiger partial charge in [-0.3, -0.25) is 9.59 Å². The number of hydrogen-bond donors (Lipinski definition) is 0. The third-order valence-electron chi connectivity index (χ3n) is 3.45. The van der Waals surface area contributed by atoms with Gasteiger partial charge in [-0.2, -0.15) is 0 Å². The van der Waals surface area contributed by atoms with Crippen molar-refractivity contribution < 1.29 is 19.1 Å². The largest absolute Gasteiger partial charge is 0.466 e. The van der Waals surface area contributed by atoms with Crippen molar-refractivity contribution in [2.45, 2.75) is 33.1 Å². The number of ether oxygens (including phenoxy) is 2. The van der Waals surface area contributed by atoms with Gasteiger partial charge in [-0.25, -0.2) is 0 Å². The van der Waals surface area contributed by atoms with E-state index in [2.05, 4.69) is 0 Å². The van der Waals surface area contributed by atoms with Crippen LogP contribution in [0.25, 0.3) is 0 Å². The van der Waals surface area contributed by atoms with E-state index >= 15 is 0 Å². The van der Waals surface area contributed by atoms with Crippen molar-refractivity contribution in [1.29, 1.82) is 0 Å². The minimum absolute atomic E-state index is 0.142. The molecule has 0 atom stereocenters. The highest BCUT2D eigenvalue weighted by atomic mass is 16.5. The van der Waals surface area contributed by atoms with Gasteiger partial charge in [0.1, 0.15) is 0 Å². The van der Waals surface area contributed by atoms with Gasteiger partial charge in [-0.1, -0.05) is 0 Å². The van der Waals surface area contributed by atoms with Crippen LogP contribution in [0, 0.1) is 10.8 Å². The maximum Gasteiger partial charge on any atom is 0.312 e. The van der Waals surface area contributed by atoms with Crippen molar-refractivity contribution in [3.8, 4) is 0 Å². The number of hydrogen-bond acceptors (Lipinski definition) is 4. The van der Waals surface area contributed by atoms with Crippen LogP contribution in [-0.2, 0) is 19.1 Å². The normalized spacial score (nSPS) is 36.1. The molecule has 0 aromatic rings. The van der Waals surface area contributed by atoms with Gasteiger partial charge in [0, 0.05) is 0 Å². The summed E-state index contributed by atoms with van der Waals surface area (Å²) in [4.78, 5) is 23.1. The predicted octanol–water partition coefficient (Wildman–Crippen LogP) is 1.28. The Balaban J connectivity index is 1.89. The molecule has 0 N–H and O–H groups in total. The lowest BCUT2D eigenvalue weighted by molar-refractivity contribution is -0.236. The first-order valence-corrected chi connectivity index (χ1v) is 5.43. The van der Waals surface area contributed by atoms with Crippen molar-refractivity contribution in [3.05, 3.63) is 0 Å². The number of carbonyl (C=O) groups is 2. The molecule has 0 spiro atoms. The molecule has 0 heterocycles. The minimum atomic E-state index is -0.344. The third kappa shape index (κ3) is 1.27. The van der Waals surface area contributed by atoms with E-state index in [4.69, 9.17) is 9.47 Å². The van der Waals surface area contributed by atoms with Gasteiger partial charge in [0.25, 0.3) is 0 Å². The average Bonchev–Trinajstić information content (AvgIpc) is 1.99. The van der Waals surface area contributed by atoms with E-state index in [9.17, 15) is 9.59 Å². The highest BCUT2D eigenvalue weighted by Crippen LogP contribution is 2.74. The fourth-order valence-corrected chi connectivity index (χ4v) is 2.79. The van der Waals surface area contributed by atoms with Gasteiger partial charge in [0.2, 0.25) is 0 Å². The molecule has 84 valence electrons. The molecule has 15 heavy (non-hydrogen) atoms. The van der Waals surface area contributed by atoms with E-state index in [1.165, 1.54) is 0 Å². The maximum atomic E-state index is 11.5. The topological polar surface area (TPSA) is 52.6 Å². The Hall–Kier alpha value is -1.06. The average molecular weight is 212 g/mol. The Morgan fingerprint density at radius 3 is 1.53 bits per heavy atom. The Bertz CT molecular complexity index is 260. The van der Waals surface area contributed by atoms with E-state index in [1.807, 2.05) is 0 Å². The fraction of sp³-hybridized carbons (Fsp3) is 0.818. The molecule has 0 saturated heterocycles. The summed E-state index contributed by atoms with van der Waals surface area (Å²) in [5, 5.41) is 0. The molecule has 4 nitrogen and oxygen atoms in total. The van der Waals surface area contributed by atoms with Crippen LogP contribution in [0.3, 0.4) is 0 Å². The zero-order valence-electron chi connectivity index (χ0n) is 9.17. The van der Waals surface area contributed by atoms with Crippen molar-refractivity contribution in [2.24, 2.45) is 10.8 Å². The maximum absolute atomic E-state index is 11.5. The van der Waals surface area contributed by atoms with Crippen LogP contribution in [0.1, 0.15) is 33.1 Å². The zero-order valence-corrected chi connectivity index (χ0v) is 9.17. The highest BCUT2D eigenvalue weighted by Gasteiger charge is 2.76. The van der Waals surface area contributed by atoms with Crippen LogP contribution < -0.4 is 0 Å². The molecule has 3 fully saturated rings. The smallest absolute Gasteiger partial charge is 0.312 e. The van der Waals surface area contributed by atoms with Gasteiger partial charge in [0.05, 0.1) is 24.0 Å². The zero-order chi connectivity index (χ0) is 11.1. The summed E-state index contributed by atoms with van der Waals surface area (Å²) in [7, 11) is 0. The van der Waals surface area contributed by atoms with E-state index in [1.54, 1.807) is 13.8 Å². The van der Waals surface area contributed by atoms with Gasteiger partial charge in [-0.05, 0) is 33.1 Å². The number of carbonyl (C=O) groups excluding carboxylic acids is 2. The second-order valence-corrected chi connectivity index (χ2v) is 4.53. The summed E-state index contributed by atoms with van der Waals surface area (Å²) in [5.41, 5.74) is -0.689. The van der Waals surface area contributed by atoms with Crippen LogP contribution in [0.15, 0.2) is 0 Å².